The Hall–Kier alpha value is -4.33. The van der Waals surface area contributed by atoms with Crippen molar-refractivity contribution in [3.63, 3.8) is 0 Å². The number of primary amides is 1. The van der Waals surface area contributed by atoms with E-state index < -0.39 is 59.9 Å². The SMILES string of the molecule is C=CCNC1=C2C[C@@H](C)C[C@@H](OC)[C@@H](OC(=O)CCCN)[C@H](C)C=C(C)[C@@H](OC(N)=O)[C@H](OC)C=CC=C(C)C(=O)NC(=CC1=O)C2=O. The predicted molar refractivity (Wildman–Crippen MR) is 180 cm³/mol. The summed E-state index contributed by atoms with van der Waals surface area (Å²) in [6.45, 7) is 11.2. The number of amides is 2. The van der Waals surface area contributed by atoms with Crippen molar-refractivity contribution in [3.8, 4) is 0 Å². The van der Waals surface area contributed by atoms with E-state index in [2.05, 4.69) is 17.2 Å². The Kier molecular flexibility index (Phi) is 16.2. The molecule has 0 saturated carbocycles. The van der Waals surface area contributed by atoms with Crippen LogP contribution in [0, 0.1) is 11.8 Å². The highest BCUT2D eigenvalue weighted by Crippen LogP contribution is 2.30. The van der Waals surface area contributed by atoms with Crippen LogP contribution in [0.15, 0.2) is 71.1 Å². The fourth-order valence-corrected chi connectivity index (χ4v) is 5.58. The number of methoxy groups -OCH3 is 2. The molecule has 0 saturated heterocycles. The minimum atomic E-state index is -1.02. The maximum Gasteiger partial charge on any atom is 0.405 e. The summed E-state index contributed by atoms with van der Waals surface area (Å²) in [5.41, 5.74) is 12.0. The van der Waals surface area contributed by atoms with Gasteiger partial charge >= 0.3 is 12.1 Å². The third-order valence-corrected chi connectivity index (χ3v) is 8.03. The van der Waals surface area contributed by atoms with Crippen LogP contribution in [0.5, 0.6) is 0 Å². The minimum Gasteiger partial charge on any atom is -0.459 e. The molecular weight excluding hydrogens is 620 g/mol. The highest BCUT2D eigenvalue weighted by molar-refractivity contribution is 6.23. The Morgan fingerprint density at radius 1 is 1.12 bits per heavy atom. The number of hydrogen-bond donors (Lipinski definition) is 4. The number of nitrogens with two attached hydrogens (primary N) is 2. The van der Waals surface area contributed by atoms with Gasteiger partial charge in [-0.1, -0.05) is 44.2 Å². The van der Waals surface area contributed by atoms with Gasteiger partial charge in [-0.05, 0) is 51.1 Å². The topological polar surface area (TPSA) is 198 Å². The molecule has 0 fully saturated rings. The van der Waals surface area contributed by atoms with Crippen LogP contribution in [0.1, 0.15) is 53.4 Å². The van der Waals surface area contributed by atoms with Crippen molar-refractivity contribution in [2.24, 2.45) is 23.3 Å². The maximum absolute atomic E-state index is 13.8. The van der Waals surface area contributed by atoms with Gasteiger partial charge in [0, 0.05) is 50.3 Å². The third-order valence-electron chi connectivity index (χ3n) is 8.03. The van der Waals surface area contributed by atoms with Crippen molar-refractivity contribution in [1.82, 2.24) is 10.6 Å². The molecule has 2 rings (SSSR count). The molecule has 1 heterocycles. The largest absolute Gasteiger partial charge is 0.459 e. The number of esters is 1. The van der Waals surface area contributed by atoms with Crippen LogP contribution in [-0.4, -0.2) is 81.3 Å². The number of carbonyl (C=O) groups is 5. The summed E-state index contributed by atoms with van der Waals surface area (Å²) >= 11 is 0. The van der Waals surface area contributed by atoms with Crippen LogP contribution in [0.2, 0.25) is 0 Å². The van der Waals surface area contributed by atoms with Gasteiger partial charge in [0.15, 0.2) is 6.10 Å². The van der Waals surface area contributed by atoms with E-state index in [1.54, 1.807) is 38.2 Å². The molecule has 0 aromatic heterocycles. The fraction of sp³-hybridized carbons (Fsp3) is 0.514. The number of nitrogens with one attached hydrogen (secondary N) is 2. The van der Waals surface area contributed by atoms with Crippen molar-refractivity contribution < 1.29 is 42.9 Å². The zero-order chi connectivity index (χ0) is 36.0. The smallest absolute Gasteiger partial charge is 0.405 e. The van der Waals surface area contributed by atoms with Crippen molar-refractivity contribution in [1.29, 1.82) is 0 Å². The van der Waals surface area contributed by atoms with E-state index in [4.69, 9.17) is 30.4 Å². The van der Waals surface area contributed by atoms with Crippen LogP contribution in [0.25, 0.3) is 0 Å². The van der Waals surface area contributed by atoms with E-state index in [1.807, 2.05) is 13.8 Å². The number of ether oxygens (including phenoxy) is 4. The van der Waals surface area contributed by atoms with Gasteiger partial charge in [0.25, 0.3) is 5.91 Å². The second kappa shape index (κ2) is 19.5. The summed E-state index contributed by atoms with van der Waals surface area (Å²) in [6.07, 6.45) is 5.81. The molecular formula is C35H50N4O9. The van der Waals surface area contributed by atoms with Gasteiger partial charge in [0.05, 0.1) is 17.5 Å². The number of fused-ring (bicyclic) bond motifs is 2. The van der Waals surface area contributed by atoms with Crippen LogP contribution in [-0.2, 0) is 38.1 Å². The molecule has 0 spiro atoms. The van der Waals surface area contributed by atoms with E-state index in [-0.39, 0.29) is 47.8 Å². The van der Waals surface area contributed by atoms with Gasteiger partial charge in [0.1, 0.15) is 12.2 Å². The molecule has 0 aromatic rings. The molecule has 264 valence electrons. The van der Waals surface area contributed by atoms with Crippen molar-refractivity contribution in [3.05, 3.63) is 71.1 Å². The van der Waals surface area contributed by atoms with Crippen LogP contribution >= 0.6 is 0 Å². The first-order valence-electron chi connectivity index (χ1n) is 15.9. The minimum absolute atomic E-state index is 0.105. The number of rotatable bonds is 10. The van der Waals surface area contributed by atoms with E-state index >= 15 is 0 Å². The molecule has 13 nitrogen and oxygen atoms in total. The molecule has 6 N–H and O–H groups in total. The Labute approximate surface area is 282 Å². The average Bonchev–Trinajstić information content (AvgIpc) is 3.03. The molecule has 1 aliphatic heterocycles. The lowest BCUT2D eigenvalue weighted by Gasteiger charge is -2.32. The summed E-state index contributed by atoms with van der Waals surface area (Å²) in [4.78, 5) is 64.9. The van der Waals surface area contributed by atoms with E-state index in [0.29, 0.717) is 25.0 Å². The second-order valence-electron chi connectivity index (χ2n) is 12.0. The highest BCUT2D eigenvalue weighted by atomic mass is 16.6. The molecule has 13 heteroatoms. The summed E-state index contributed by atoms with van der Waals surface area (Å²) in [6, 6.07) is 0. The van der Waals surface area contributed by atoms with Crippen molar-refractivity contribution in [2.75, 3.05) is 27.3 Å². The maximum atomic E-state index is 13.8. The van der Waals surface area contributed by atoms with E-state index in [0.717, 1.165) is 6.08 Å². The molecule has 2 aliphatic rings. The van der Waals surface area contributed by atoms with E-state index in [1.165, 1.54) is 20.3 Å². The summed E-state index contributed by atoms with van der Waals surface area (Å²) in [5.74, 6) is -2.75. The lowest BCUT2D eigenvalue weighted by Crippen LogP contribution is -2.40. The van der Waals surface area contributed by atoms with Gasteiger partial charge in [-0.2, -0.15) is 0 Å². The monoisotopic (exact) mass is 670 g/mol. The van der Waals surface area contributed by atoms with Gasteiger partial charge in [-0.15, -0.1) is 6.58 Å². The van der Waals surface area contributed by atoms with Gasteiger partial charge in [-0.25, -0.2) is 4.79 Å². The first kappa shape index (κ1) is 39.8. The van der Waals surface area contributed by atoms with Crippen molar-refractivity contribution >= 4 is 29.5 Å². The standard InChI is InChI=1S/C35H50N4O9/c1-8-15-38-30-24-16-20(2)17-28(46-7)33(47-29(41)13-10-14-36)23(5)18-22(4)32(48-35(37)44)27(45-6)12-9-11-21(3)34(43)39-25(31(24)42)19-26(30)40/h8-9,11-12,18-20,23,27-28,32-33,38H,1,10,13-17,36H2,2-7H3,(H2,37,44)(H,39,43)/t20-,23-,27-,28-,32-,33+/m1/s1. The molecule has 6 atom stereocenters. The summed E-state index contributed by atoms with van der Waals surface area (Å²) in [5, 5.41) is 5.55. The number of allylic oxidation sites excluding steroid dienone is 4. The number of Topliss-reactive ketones (excluding diaryl/α,β-unsaturated/α-hetero) is 1. The Morgan fingerprint density at radius 2 is 1.83 bits per heavy atom. The summed E-state index contributed by atoms with van der Waals surface area (Å²) in [7, 11) is 2.92. The normalized spacial score (nSPS) is 26.1. The molecule has 1 aliphatic carbocycles. The van der Waals surface area contributed by atoms with Gasteiger partial charge in [-0.3, -0.25) is 19.2 Å². The second-order valence-corrected chi connectivity index (χ2v) is 12.0. The molecule has 0 aromatic carbocycles. The number of carbonyl (C=O) groups excluding carboxylic acids is 5. The van der Waals surface area contributed by atoms with Crippen molar-refractivity contribution in [2.45, 2.75) is 77.8 Å². The first-order chi connectivity index (χ1) is 22.8. The number of ketones is 2. The molecule has 48 heavy (non-hydrogen) atoms. The van der Waals surface area contributed by atoms with E-state index in [9.17, 15) is 24.0 Å². The first-order valence-corrected chi connectivity index (χ1v) is 15.9. The zero-order valence-corrected chi connectivity index (χ0v) is 28.7. The van der Waals surface area contributed by atoms with Crippen LogP contribution in [0.4, 0.5) is 4.79 Å². The molecule has 0 unspecified atom stereocenters. The fourth-order valence-electron chi connectivity index (χ4n) is 5.58. The quantitative estimate of drug-likeness (QED) is 0.151. The Morgan fingerprint density at radius 3 is 2.44 bits per heavy atom. The molecule has 2 amide bonds. The highest BCUT2D eigenvalue weighted by Gasteiger charge is 2.35. The predicted octanol–water partition coefficient (Wildman–Crippen LogP) is 2.83. The zero-order valence-electron chi connectivity index (χ0n) is 28.7. The van der Waals surface area contributed by atoms with Gasteiger partial charge in [0.2, 0.25) is 11.6 Å². The summed E-state index contributed by atoms with van der Waals surface area (Å²) < 4.78 is 23.0. The third kappa shape index (κ3) is 11.4. The number of hydrogen-bond acceptors (Lipinski definition) is 11. The average molecular weight is 671 g/mol. The van der Waals surface area contributed by atoms with Gasteiger partial charge < -0.3 is 41.0 Å². The van der Waals surface area contributed by atoms with Crippen LogP contribution < -0.4 is 22.1 Å². The Bertz CT molecular complexity index is 1380. The molecule has 2 bridgehead atoms. The molecule has 0 radical (unpaired) electrons. The van der Waals surface area contributed by atoms with Crippen LogP contribution in [0.3, 0.4) is 0 Å². The lowest BCUT2D eigenvalue weighted by molar-refractivity contribution is -0.160. The lowest BCUT2D eigenvalue weighted by atomic mass is 9.85. The Balaban J connectivity index is 2.73.